The summed E-state index contributed by atoms with van der Waals surface area (Å²) in [7, 11) is 0. The lowest BCUT2D eigenvalue weighted by Crippen LogP contribution is -2.34. The predicted octanol–water partition coefficient (Wildman–Crippen LogP) is 2.84. The van der Waals surface area contributed by atoms with Gasteiger partial charge < -0.3 is 10.3 Å². The minimum absolute atomic E-state index is 0.235. The van der Waals surface area contributed by atoms with Crippen molar-refractivity contribution in [2.45, 2.75) is 39.7 Å². The number of aromatic amines is 1. The second-order valence-corrected chi connectivity index (χ2v) is 8.46. The first-order valence-corrected chi connectivity index (χ1v) is 10.3. The number of hydrogen-bond acceptors (Lipinski definition) is 5. The summed E-state index contributed by atoms with van der Waals surface area (Å²) < 4.78 is 2.70. The van der Waals surface area contributed by atoms with Gasteiger partial charge in [-0.05, 0) is 37.3 Å². The SMILES string of the molecule is CCn1c(=O)[nH]c2cc(C(=O)Nc3cc(C(C)(C)C)nn3-c3ccccn3)ccc2c1=O. The Morgan fingerprint density at radius 2 is 1.91 bits per heavy atom. The van der Waals surface area contributed by atoms with Crippen molar-refractivity contribution in [3.8, 4) is 5.82 Å². The number of benzene rings is 1. The monoisotopic (exact) mass is 432 g/mol. The summed E-state index contributed by atoms with van der Waals surface area (Å²) >= 11 is 0. The van der Waals surface area contributed by atoms with Crippen LogP contribution in [0.1, 0.15) is 43.7 Å². The zero-order chi connectivity index (χ0) is 23.0. The van der Waals surface area contributed by atoms with Crippen molar-refractivity contribution < 1.29 is 4.79 Å². The van der Waals surface area contributed by atoms with Crippen LogP contribution in [0, 0.1) is 0 Å². The number of carbonyl (C=O) groups excluding carboxylic acids is 1. The van der Waals surface area contributed by atoms with Gasteiger partial charge in [-0.15, -0.1) is 0 Å². The first kappa shape index (κ1) is 21.2. The second kappa shape index (κ2) is 7.92. The molecule has 4 rings (SSSR count). The second-order valence-electron chi connectivity index (χ2n) is 8.46. The number of nitrogens with one attached hydrogen (secondary N) is 2. The van der Waals surface area contributed by atoms with Gasteiger partial charge in [-0.2, -0.15) is 9.78 Å². The van der Waals surface area contributed by atoms with E-state index < -0.39 is 11.6 Å². The molecule has 1 aromatic carbocycles. The van der Waals surface area contributed by atoms with Gasteiger partial charge in [0.15, 0.2) is 5.82 Å². The molecule has 3 heterocycles. The third-order valence-electron chi connectivity index (χ3n) is 5.15. The maximum absolute atomic E-state index is 13.0. The van der Waals surface area contributed by atoms with Crippen LogP contribution >= 0.6 is 0 Å². The fraction of sp³-hybridized carbons (Fsp3) is 0.261. The lowest BCUT2D eigenvalue weighted by molar-refractivity contribution is 0.102. The van der Waals surface area contributed by atoms with Crippen LogP contribution in [0.4, 0.5) is 5.82 Å². The summed E-state index contributed by atoms with van der Waals surface area (Å²) in [6.07, 6.45) is 1.65. The van der Waals surface area contributed by atoms with Crippen LogP contribution in [0.2, 0.25) is 0 Å². The minimum Gasteiger partial charge on any atom is -0.307 e. The van der Waals surface area contributed by atoms with E-state index in [9.17, 15) is 14.4 Å². The molecule has 0 aliphatic carbocycles. The smallest absolute Gasteiger partial charge is 0.307 e. The first-order valence-electron chi connectivity index (χ1n) is 10.3. The Labute approximate surface area is 183 Å². The van der Waals surface area contributed by atoms with E-state index in [0.717, 1.165) is 10.3 Å². The lowest BCUT2D eigenvalue weighted by Gasteiger charge is -2.13. The molecule has 0 aliphatic rings. The van der Waals surface area contributed by atoms with Crippen LogP contribution in [-0.2, 0) is 12.0 Å². The molecule has 3 aromatic heterocycles. The Hall–Kier alpha value is -4.01. The van der Waals surface area contributed by atoms with Crippen molar-refractivity contribution in [1.29, 1.82) is 0 Å². The van der Waals surface area contributed by atoms with Crippen LogP contribution in [0.5, 0.6) is 0 Å². The van der Waals surface area contributed by atoms with Gasteiger partial charge in [0.2, 0.25) is 0 Å². The van der Waals surface area contributed by atoms with Gasteiger partial charge in [0.05, 0.1) is 16.6 Å². The zero-order valence-corrected chi connectivity index (χ0v) is 18.3. The van der Waals surface area contributed by atoms with Gasteiger partial charge in [-0.25, -0.2) is 9.78 Å². The number of aromatic nitrogens is 5. The largest absolute Gasteiger partial charge is 0.328 e. The Kier molecular flexibility index (Phi) is 5.25. The van der Waals surface area contributed by atoms with E-state index in [1.165, 1.54) is 6.07 Å². The van der Waals surface area contributed by atoms with E-state index in [1.54, 1.807) is 42.1 Å². The number of anilines is 1. The third-order valence-corrected chi connectivity index (χ3v) is 5.15. The molecular weight excluding hydrogens is 408 g/mol. The molecule has 0 spiro atoms. The maximum atomic E-state index is 13.0. The standard InChI is InChI=1S/C23H24N6O3/c1-5-28-21(31)15-10-9-14(12-16(15)25-22(28)32)20(30)26-19-13-17(23(2,3)4)27-29(19)18-8-6-7-11-24-18/h6-13H,5H2,1-4H3,(H,25,32)(H,26,30). The number of nitrogens with zero attached hydrogens (tertiary/aromatic N) is 4. The Bertz CT molecular complexity index is 1420. The van der Waals surface area contributed by atoms with E-state index in [2.05, 4.69) is 20.4 Å². The summed E-state index contributed by atoms with van der Waals surface area (Å²) in [6, 6.07) is 11.9. The molecule has 0 saturated heterocycles. The lowest BCUT2D eigenvalue weighted by atomic mass is 9.92. The molecule has 0 aliphatic heterocycles. The topological polar surface area (TPSA) is 115 Å². The van der Waals surface area contributed by atoms with Gasteiger partial charge >= 0.3 is 5.69 Å². The fourth-order valence-corrected chi connectivity index (χ4v) is 3.36. The molecule has 9 nitrogen and oxygen atoms in total. The van der Waals surface area contributed by atoms with Crippen molar-refractivity contribution in [3.63, 3.8) is 0 Å². The Morgan fingerprint density at radius 1 is 1.12 bits per heavy atom. The molecule has 0 unspecified atom stereocenters. The molecule has 32 heavy (non-hydrogen) atoms. The number of pyridine rings is 1. The Morgan fingerprint density at radius 3 is 2.56 bits per heavy atom. The highest BCUT2D eigenvalue weighted by Gasteiger charge is 2.22. The van der Waals surface area contributed by atoms with Crippen molar-refractivity contribution >= 4 is 22.6 Å². The zero-order valence-electron chi connectivity index (χ0n) is 18.3. The summed E-state index contributed by atoms with van der Waals surface area (Å²) in [5, 5.41) is 7.86. The van der Waals surface area contributed by atoms with Crippen LogP contribution in [-0.4, -0.2) is 30.2 Å². The normalized spacial score (nSPS) is 11.6. The highest BCUT2D eigenvalue weighted by Crippen LogP contribution is 2.26. The Balaban J connectivity index is 1.74. The fourth-order valence-electron chi connectivity index (χ4n) is 3.36. The number of fused-ring (bicyclic) bond motifs is 1. The quantitative estimate of drug-likeness (QED) is 0.515. The van der Waals surface area contributed by atoms with Gasteiger partial charge in [-0.3, -0.25) is 14.2 Å². The van der Waals surface area contributed by atoms with E-state index in [-0.39, 0.29) is 17.5 Å². The summed E-state index contributed by atoms with van der Waals surface area (Å²) in [4.78, 5) is 44.7. The molecule has 1 amide bonds. The summed E-state index contributed by atoms with van der Waals surface area (Å²) in [5.41, 5.74) is 0.272. The third kappa shape index (κ3) is 3.84. The van der Waals surface area contributed by atoms with Gasteiger partial charge in [0.25, 0.3) is 11.5 Å². The number of carbonyl (C=O) groups is 1. The highest BCUT2D eigenvalue weighted by atomic mass is 16.2. The highest BCUT2D eigenvalue weighted by molar-refractivity contribution is 6.05. The van der Waals surface area contributed by atoms with E-state index in [4.69, 9.17) is 0 Å². The number of hydrogen-bond donors (Lipinski definition) is 2. The predicted molar refractivity (Wildman–Crippen MR) is 123 cm³/mol. The minimum atomic E-state index is -0.509. The van der Waals surface area contributed by atoms with Crippen LogP contribution in [0.25, 0.3) is 16.7 Å². The molecule has 0 radical (unpaired) electrons. The molecule has 0 bridgehead atoms. The van der Waals surface area contributed by atoms with Crippen LogP contribution < -0.4 is 16.6 Å². The molecule has 9 heteroatoms. The maximum Gasteiger partial charge on any atom is 0.328 e. The van der Waals surface area contributed by atoms with E-state index >= 15 is 0 Å². The molecule has 2 N–H and O–H groups in total. The molecule has 0 saturated carbocycles. The van der Waals surface area contributed by atoms with Crippen molar-refractivity contribution in [2.75, 3.05) is 5.32 Å². The molecule has 0 fully saturated rings. The molecule has 164 valence electrons. The van der Waals surface area contributed by atoms with E-state index in [0.29, 0.717) is 28.1 Å². The molecule has 0 atom stereocenters. The van der Waals surface area contributed by atoms with Crippen molar-refractivity contribution in [1.82, 2.24) is 24.3 Å². The average molecular weight is 432 g/mol. The molecular formula is C23H24N6O3. The van der Waals surface area contributed by atoms with Crippen molar-refractivity contribution in [3.05, 3.63) is 80.8 Å². The van der Waals surface area contributed by atoms with Gasteiger partial charge in [0, 0.05) is 29.8 Å². The average Bonchev–Trinajstić information content (AvgIpc) is 3.18. The van der Waals surface area contributed by atoms with Gasteiger partial charge in [-0.1, -0.05) is 26.8 Å². The van der Waals surface area contributed by atoms with Crippen LogP contribution in [0.15, 0.2) is 58.3 Å². The summed E-state index contributed by atoms with van der Waals surface area (Å²) in [5.74, 6) is 0.639. The number of rotatable bonds is 4. The molecule has 4 aromatic rings. The summed E-state index contributed by atoms with van der Waals surface area (Å²) in [6.45, 7) is 8.09. The van der Waals surface area contributed by atoms with Gasteiger partial charge in [0.1, 0.15) is 5.82 Å². The van der Waals surface area contributed by atoms with Crippen LogP contribution in [0.3, 0.4) is 0 Å². The van der Waals surface area contributed by atoms with E-state index in [1.807, 2.05) is 32.9 Å². The number of H-pyrrole nitrogens is 1. The first-order chi connectivity index (χ1) is 15.2. The number of amides is 1. The van der Waals surface area contributed by atoms with Crippen molar-refractivity contribution in [2.24, 2.45) is 0 Å².